The number of rotatable bonds is 5. The Balaban J connectivity index is 2.03. The number of ether oxygens (including phenoxy) is 1. The highest BCUT2D eigenvalue weighted by molar-refractivity contribution is 5.98. The van der Waals surface area contributed by atoms with Crippen molar-refractivity contribution < 1.29 is 14.3 Å². The van der Waals surface area contributed by atoms with E-state index in [9.17, 15) is 9.59 Å². The van der Waals surface area contributed by atoms with E-state index in [1.807, 2.05) is 45.0 Å². The zero-order valence-corrected chi connectivity index (χ0v) is 15.5. The van der Waals surface area contributed by atoms with Gasteiger partial charge in [0.05, 0.1) is 5.56 Å². The van der Waals surface area contributed by atoms with E-state index in [0.717, 1.165) is 34.4 Å². The zero-order chi connectivity index (χ0) is 18.6. The fourth-order valence-electron chi connectivity index (χ4n) is 2.76. The molecule has 4 heteroatoms. The fraction of sp³-hybridized carbons (Fsp3) is 0.333. The van der Waals surface area contributed by atoms with Crippen molar-refractivity contribution in [2.75, 3.05) is 5.32 Å². The molecule has 1 amide bonds. The first kappa shape index (κ1) is 18.7. The van der Waals surface area contributed by atoms with Gasteiger partial charge in [0, 0.05) is 5.69 Å². The smallest absolute Gasteiger partial charge is 0.338 e. The summed E-state index contributed by atoms with van der Waals surface area (Å²) in [5, 5.41) is 2.86. The first-order valence-corrected chi connectivity index (χ1v) is 8.50. The molecule has 0 fully saturated rings. The number of nitrogens with one attached hydrogen (secondary N) is 1. The Kier molecular flexibility index (Phi) is 5.97. The van der Waals surface area contributed by atoms with Crippen molar-refractivity contribution >= 4 is 17.6 Å². The van der Waals surface area contributed by atoms with Gasteiger partial charge in [0.2, 0.25) is 0 Å². The average Bonchev–Trinajstić information content (AvgIpc) is 2.57. The van der Waals surface area contributed by atoms with E-state index in [0.29, 0.717) is 5.56 Å². The molecule has 0 unspecified atom stereocenters. The van der Waals surface area contributed by atoms with Crippen molar-refractivity contribution in [1.29, 1.82) is 0 Å². The molecule has 0 heterocycles. The van der Waals surface area contributed by atoms with Gasteiger partial charge >= 0.3 is 5.97 Å². The van der Waals surface area contributed by atoms with Crippen LogP contribution >= 0.6 is 0 Å². The fourth-order valence-corrected chi connectivity index (χ4v) is 2.76. The Bertz CT molecular complexity index is 755. The van der Waals surface area contributed by atoms with Gasteiger partial charge in [-0.3, -0.25) is 4.79 Å². The maximum absolute atomic E-state index is 12.4. The Morgan fingerprint density at radius 1 is 1.04 bits per heavy atom. The van der Waals surface area contributed by atoms with Gasteiger partial charge in [-0.05, 0) is 62.9 Å². The van der Waals surface area contributed by atoms with Gasteiger partial charge in [-0.2, -0.15) is 0 Å². The van der Waals surface area contributed by atoms with Gasteiger partial charge in [0.15, 0.2) is 6.10 Å². The van der Waals surface area contributed by atoms with E-state index in [4.69, 9.17) is 4.74 Å². The van der Waals surface area contributed by atoms with Crippen LogP contribution in [0, 0.1) is 20.8 Å². The lowest BCUT2D eigenvalue weighted by Crippen LogP contribution is -2.30. The molecule has 0 aliphatic rings. The van der Waals surface area contributed by atoms with E-state index in [1.165, 1.54) is 0 Å². The molecule has 0 radical (unpaired) electrons. The molecule has 0 spiro atoms. The predicted octanol–water partition coefficient (Wildman–Crippen LogP) is 4.36. The maximum Gasteiger partial charge on any atom is 0.338 e. The van der Waals surface area contributed by atoms with Crippen molar-refractivity contribution in [2.24, 2.45) is 0 Å². The van der Waals surface area contributed by atoms with E-state index in [-0.39, 0.29) is 5.91 Å². The molecule has 0 aliphatic carbocycles. The van der Waals surface area contributed by atoms with Crippen molar-refractivity contribution in [3.63, 3.8) is 0 Å². The first-order valence-electron chi connectivity index (χ1n) is 8.50. The number of carbonyl (C=O) groups excluding carboxylic acids is 2. The molecule has 2 aromatic rings. The summed E-state index contributed by atoms with van der Waals surface area (Å²) >= 11 is 0. The van der Waals surface area contributed by atoms with Crippen molar-refractivity contribution in [3.05, 3.63) is 64.2 Å². The second-order valence-electron chi connectivity index (χ2n) is 6.36. The summed E-state index contributed by atoms with van der Waals surface area (Å²) < 4.78 is 5.30. The highest BCUT2D eigenvalue weighted by Gasteiger charge is 2.20. The number of hydrogen-bond acceptors (Lipinski definition) is 3. The number of amides is 1. The summed E-state index contributed by atoms with van der Waals surface area (Å²) in [7, 11) is 0. The molecule has 4 nitrogen and oxygen atoms in total. The summed E-state index contributed by atoms with van der Waals surface area (Å²) in [6, 6.07) is 11.2. The van der Waals surface area contributed by atoms with Crippen LogP contribution in [0.25, 0.3) is 0 Å². The third-order valence-corrected chi connectivity index (χ3v) is 4.18. The molecule has 1 atom stereocenters. The highest BCUT2D eigenvalue weighted by atomic mass is 16.5. The molecule has 0 bridgehead atoms. The highest BCUT2D eigenvalue weighted by Crippen LogP contribution is 2.22. The van der Waals surface area contributed by atoms with Gasteiger partial charge in [0.1, 0.15) is 0 Å². The summed E-state index contributed by atoms with van der Waals surface area (Å²) in [4.78, 5) is 24.6. The minimum atomic E-state index is -0.876. The summed E-state index contributed by atoms with van der Waals surface area (Å²) in [6.45, 7) is 9.53. The van der Waals surface area contributed by atoms with Crippen molar-refractivity contribution in [2.45, 2.75) is 47.1 Å². The lowest BCUT2D eigenvalue weighted by molar-refractivity contribution is -0.123. The lowest BCUT2D eigenvalue weighted by Gasteiger charge is -2.17. The summed E-state index contributed by atoms with van der Waals surface area (Å²) in [5.74, 6) is -0.837. The number of anilines is 1. The minimum Gasteiger partial charge on any atom is -0.449 e. The SMILES string of the molecule is CCc1ccc(C(=O)O[C@H](C)C(=O)Nc2c(C)cc(C)cc2C)cc1. The first-order chi connectivity index (χ1) is 11.8. The summed E-state index contributed by atoms with van der Waals surface area (Å²) in [5.41, 5.74) is 5.47. The van der Waals surface area contributed by atoms with Gasteiger partial charge in [-0.15, -0.1) is 0 Å². The third-order valence-electron chi connectivity index (χ3n) is 4.18. The Morgan fingerprint density at radius 2 is 1.60 bits per heavy atom. The number of carbonyl (C=O) groups is 2. The molecule has 0 saturated carbocycles. The second kappa shape index (κ2) is 7.97. The molecule has 0 saturated heterocycles. The third kappa shape index (κ3) is 4.69. The largest absolute Gasteiger partial charge is 0.449 e. The number of benzene rings is 2. The molecular weight excluding hydrogens is 314 g/mol. The van der Waals surface area contributed by atoms with E-state index < -0.39 is 12.1 Å². The average molecular weight is 339 g/mol. The number of hydrogen-bond donors (Lipinski definition) is 1. The quantitative estimate of drug-likeness (QED) is 0.824. The number of esters is 1. The van der Waals surface area contributed by atoms with Crippen LogP contribution in [0.1, 0.15) is 46.5 Å². The monoisotopic (exact) mass is 339 g/mol. The summed E-state index contributed by atoms with van der Waals surface area (Å²) in [6.07, 6.45) is 0.0297. The molecule has 1 N–H and O–H groups in total. The molecule has 132 valence electrons. The minimum absolute atomic E-state index is 0.339. The van der Waals surface area contributed by atoms with E-state index >= 15 is 0 Å². The molecule has 2 aromatic carbocycles. The van der Waals surface area contributed by atoms with Crippen molar-refractivity contribution in [3.8, 4) is 0 Å². The lowest BCUT2D eigenvalue weighted by atomic mass is 10.0. The van der Waals surface area contributed by atoms with Crippen LogP contribution in [0.15, 0.2) is 36.4 Å². The van der Waals surface area contributed by atoms with E-state index in [2.05, 4.69) is 12.2 Å². The van der Waals surface area contributed by atoms with Crippen LogP contribution in [0.5, 0.6) is 0 Å². The molecule has 2 rings (SSSR count). The molecule has 25 heavy (non-hydrogen) atoms. The van der Waals surface area contributed by atoms with Crippen LogP contribution in [0.4, 0.5) is 5.69 Å². The van der Waals surface area contributed by atoms with Gasteiger partial charge in [-0.25, -0.2) is 4.79 Å². The van der Waals surface area contributed by atoms with Crippen LogP contribution in [-0.4, -0.2) is 18.0 Å². The molecule has 0 aliphatic heterocycles. The normalized spacial score (nSPS) is 11.7. The van der Waals surface area contributed by atoms with Gasteiger partial charge < -0.3 is 10.1 Å². The van der Waals surface area contributed by atoms with Crippen LogP contribution < -0.4 is 5.32 Å². The van der Waals surface area contributed by atoms with Crippen molar-refractivity contribution in [1.82, 2.24) is 0 Å². The van der Waals surface area contributed by atoms with E-state index in [1.54, 1.807) is 19.1 Å². The number of aryl methyl sites for hydroxylation is 4. The molecule has 0 aromatic heterocycles. The van der Waals surface area contributed by atoms with Gasteiger partial charge in [-0.1, -0.05) is 36.8 Å². The Morgan fingerprint density at radius 3 is 2.12 bits per heavy atom. The van der Waals surface area contributed by atoms with Crippen LogP contribution in [0.3, 0.4) is 0 Å². The second-order valence-corrected chi connectivity index (χ2v) is 6.36. The topological polar surface area (TPSA) is 55.4 Å². The van der Waals surface area contributed by atoms with Gasteiger partial charge in [0.25, 0.3) is 5.91 Å². The standard InChI is InChI=1S/C21H25NO3/c1-6-17-7-9-18(10-8-17)21(24)25-16(5)20(23)22-19-14(3)11-13(2)12-15(19)4/h7-12,16H,6H2,1-5H3,(H,22,23)/t16-/m1/s1. The maximum atomic E-state index is 12.4. The zero-order valence-electron chi connectivity index (χ0n) is 15.5. The predicted molar refractivity (Wildman–Crippen MR) is 100.0 cm³/mol. The van der Waals surface area contributed by atoms with Crippen LogP contribution in [0.2, 0.25) is 0 Å². The molecular formula is C21H25NO3. The van der Waals surface area contributed by atoms with Crippen LogP contribution in [-0.2, 0) is 16.0 Å². The Hall–Kier alpha value is -2.62. The Labute approximate surface area is 149 Å².